The van der Waals surface area contributed by atoms with Gasteiger partial charge in [-0.15, -0.1) is 11.3 Å². The molecule has 2 atom stereocenters. The third-order valence-corrected chi connectivity index (χ3v) is 6.78. The van der Waals surface area contributed by atoms with Crippen LogP contribution in [0.2, 0.25) is 0 Å². The number of fused-ring (bicyclic) bond motifs is 2. The fraction of sp³-hybridized carbons (Fsp3) is 0.231. The van der Waals surface area contributed by atoms with Crippen molar-refractivity contribution in [3.63, 3.8) is 0 Å². The maximum Gasteiger partial charge on any atom is 0.412 e. The molecule has 5 aromatic rings. The Balaban J connectivity index is 1.36. The molecule has 0 aliphatic rings. The highest BCUT2D eigenvalue weighted by Crippen LogP contribution is 2.37. The number of thiazole rings is 1. The molecule has 10 nitrogen and oxygen atoms in total. The summed E-state index contributed by atoms with van der Waals surface area (Å²) in [5.41, 5.74) is 4.02. The highest BCUT2D eigenvalue weighted by atomic mass is 32.1. The fourth-order valence-electron chi connectivity index (χ4n) is 3.72. The van der Waals surface area contributed by atoms with Gasteiger partial charge in [0.15, 0.2) is 11.6 Å². The highest BCUT2D eigenvalue weighted by Gasteiger charge is 2.22. The van der Waals surface area contributed by atoms with Crippen molar-refractivity contribution in [2.24, 2.45) is 0 Å². The first kappa shape index (κ1) is 25.2. The number of aromatic nitrogens is 5. The lowest BCUT2D eigenvalue weighted by atomic mass is 10.1. The van der Waals surface area contributed by atoms with Gasteiger partial charge in [-0.25, -0.2) is 34.1 Å². The highest BCUT2D eigenvalue weighted by molar-refractivity contribution is 7.21. The summed E-state index contributed by atoms with van der Waals surface area (Å²) < 4.78 is 32.1. The number of hydrogen-bond acceptors (Lipinski definition) is 10. The zero-order valence-corrected chi connectivity index (χ0v) is 21.7. The normalized spacial score (nSPS) is 12.8. The van der Waals surface area contributed by atoms with E-state index in [1.165, 1.54) is 43.2 Å². The number of methoxy groups -OCH3 is 1. The van der Waals surface area contributed by atoms with Gasteiger partial charge in [-0.2, -0.15) is 0 Å². The summed E-state index contributed by atoms with van der Waals surface area (Å²) in [7, 11) is 1.54. The molecule has 38 heavy (non-hydrogen) atoms. The zero-order valence-electron chi connectivity index (χ0n) is 20.9. The Morgan fingerprint density at radius 1 is 1.03 bits per heavy atom. The molecule has 0 aliphatic carbocycles. The lowest BCUT2D eigenvalue weighted by Crippen LogP contribution is -2.32. The van der Waals surface area contributed by atoms with Crippen LogP contribution in [-0.2, 0) is 4.74 Å². The van der Waals surface area contributed by atoms with E-state index in [-0.39, 0.29) is 5.75 Å². The topological polar surface area (TPSA) is 121 Å². The van der Waals surface area contributed by atoms with Crippen molar-refractivity contribution in [3.8, 4) is 22.2 Å². The lowest BCUT2D eigenvalue weighted by Gasteiger charge is -2.22. The van der Waals surface area contributed by atoms with E-state index in [2.05, 4.69) is 30.2 Å². The molecule has 5 rings (SSSR count). The number of rotatable bonds is 7. The van der Waals surface area contributed by atoms with Gasteiger partial charge in [0.2, 0.25) is 5.88 Å². The van der Waals surface area contributed by atoms with Gasteiger partial charge in [0.05, 0.1) is 52.6 Å². The van der Waals surface area contributed by atoms with Crippen molar-refractivity contribution < 1.29 is 23.4 Å². The van der Waals surface area contributed by atoms with Crippen LogP contribution in [0.15, 0.2) is 49.2 Å². The number of halogens is 1. The molecule has 0 fully saturated rings. The van der Waals surface area contributed by atoms with Crippen LogP contribution in [0.1, 0.15) is 19.4 Å². The zero-order chi connectivity index (χ0) is 26.8. The smallest absolute Gasteiger partial charge is 0.412 e. The standard InChI is InChI=1S/C26H23FN6O4S/c1-13-5-17(24-20(6-13)32-23(35-4)11-30-24)25-33-19-7-18(27)21(8-22(19)38-25)36-14(2)15(3)37-26(34)31-16-9-28-12-29-10-16/h5-12,14-15H,1-4H3,(H,31,34)/t14-,15+/m0/s1. The van der Waals surface area contributed by atoms with Gasteiger partial charge < -0.3 is 14.2 Å². The molecule has 0 unspecified atom stereocenters. The van der Waals surface area contributed by atoms with Crippen molar-refractivity contribution in [3.05, 3.63) is 60.6 Å². The Kier molecular flexibility index (Phi) is 6.97. The van der Waals surface area contributed by atoms with Crippen LogP contribution in [0.25, 0.3) is 31.8 Å². The molecule has 0 saturated heterocycles. The molecule has 0 saturated carbocycles. The van der Waals surface area contributed by atoms with Gasteiger partial charge in [-0.3, -0.25) is 5.32 Å². The number of anilines is 1. The van der Waals surface area contributed by atoms with Gasteiger partial charge in [-0.1, -0.05) is 0 Å². The molecule has 1 N–H and O–H groups in total. The summed E-state index contributed by atoms with van der Waals surface area (Å²) in [5.74, 6) is -0.120. The first-order valence-corrected chi connectivity index (χ1v) is 12.4. The third-order valence-electron chi connectivity index (χ3n) is 5.72. The predicted octanol–water partition coefficient (Wildman–Crippen LogP) is 5.56. The van der Waals surface area contributed by atoms with E-state index in [0.29, 0.717) is 33.1 Å². The Labute approximate surface area is 220 Å². The van der Waals surface area contributed by atoms with Crippen LogP contribution in [0.3, 0.4) is 0 Å². The molecule has 3 aromatic heterocycles. The van der Waals surface area contributed by atoms with E-state index in [4.69, 9.17) is 14.2 Å². The largest absolute Gasteiger partial charge is 0.484 e. The van der Waals surface area contributed by atoms with Crippen LogP contribution in [0, 0.1) is 12.7 Å². The molecule has 1 amide bonds. The van der Waals surface area contributed by atoms with Gasteiger partial charge in [-0.05, 0) is 38.5 Å². The monoisotopic (exact) mass is 534 g/mol. The Hall–Kier alpha value is -4.45. The van der Waals surface area contributed by atoms with Gasteiger partial charge in [0.25, 0.3) is 0 Å². The Morgan fingerprint density at radius 2 is 1.82 bits per heavy atom. The number of hydrogen-bond donors (Lipinski definition) is 1. The van der Waals surface area contributed by atoms with Crippen LogP contribution < -0.4 is 14.8 Å². The molecule has 194 valence electrons. The SMILES string of the molecule is COc1cnc2c(-c3nc4cc(F)c(O[C@@H](C)[C@@H](C)OC(=O)Nc5cncnc5)cc4s3)cc(C)cc2n1. The Bertz CT molecular complexity index is 1630. The van der Waals surface area contributed by atoms with Crippen molar-refractivity contribution in [1.82, 2.24) is 24.9 Å². The molecule has 3 heterocycles. The van der Waals surface area contributed by atoms with Gasteiger partial charge in [0.1, 0.15) is 23.5 Å². The van der Waals surface area contributed by atoms with E-state index < -0.39 is 24.1 Å². The summed E-state index contributed by atoms with van der Waals surface area (Å²) >= 11 is 1.39. The second-order valence-electron chi connectivity index (χ2n) is 8.55. The molecular weight excluding hydrogens is 511 g/mol. The summed E-state index contributed by atoms with van der Waals surface area (Å²) in [5, 5.41) is 3.21. The van der Waals surface area contributed by atoms with Crippen LogP contribution in [-0.4, -0.2) is 50.3 Å². The number of nitrogens with zero attached hydrogens (tertiary/aromatic N) is 5. The average Bonchev–Trinajstić information content (AvgIpc) is 3.30. The minimum Gasteiger partial charge on any atom is -0.484 e. The van der Waals surface area contributed by atoms with E-state index in [1.54, 1.807) is 26.1 Å². The van der Waals surface area contributed by atoms with Crippen LogP contribution >= 0.6 is 11.3 Å². The first-order chi connectivity index (χ1) is 18.3. The van der Waals surface area contributed by atoms with Crippen molar-refractivity contribution in [1.29, 1.82) is 0 Å². The minimum absolute atomic E-state index is 0.0335. The summed E-state index contributed by atoms with van der Waals surface area (Å²) in [6.45, 7) is 5.31. The van der Waals surface area contributed by atoms with E-state index in [1.807, 2.05) is 19.1 Å². The van der Waals surface area contributed by atoms with E-state index in [0.717, 1.165) is 15.8 Å². The predicted molar refractivity (Wildman–Crippen MR) is 141 cm³/mol. The maximum atomic E-state index is 15.0. The first-order valence-electron chi connectivity index (χ1n) is 11.6. The minimum atomic E-state index is -0.697. The molecule has 0 radical (unpaired) electrons. The second kappa shape index (κ2) is 10.5. The number of carbonyl (C=O) groups excluding carboxylic acids is 1. The average molecular weight is 535 g/mol. The number of carbonyl (C=O) groups is 1. The van der Waals surface area contributed by atoms with E-state index >= 15 is 0 Å². The fourth-order valence-corrected chi connectivity index (χ4v) is 4.71. The van der Waals surface area contributed by atoms with Crippen LogP contribution in [0.5, 0.6) is 11.6 Å². The summed E-state index contributed by atoms with van der Waals surface area (Å²) in [6.07, 6.45) is 3.77. The molecular formula is C26H23FN6O4S. The quantitative estimate of drug-likeness (QED) is 0.286. The number of ether oxygens (including phenoxy) is 3. The van der Waals surface area contributed by atoms with E-state index in [9.17, 15) is 9.18 Å². The molecule has 0 bridgehead atoms. The maximum absolute atomic E-state index is 15.0. The second-order valence-corrected chi connectivity index (χ2v) is 9.58. The number of amides is 1. The molecule has 0 aliphatic heterocycles. The van der Waals surface area contributed by atoms with Crippen LogP contribution in [0.4, 0.5) is 14.9 Å². The molecule has 12 heteroatoms. The van der Waals surface area contributed by atoms with Gasteiger partial charge >= 0.3 is 6.09 Å². The van der Waals surface area contributed by atoms with Crippen molar-refractivity contribution in [2.45, 2.75) is 33.0 Å². The third kappa shape index (κ3) is 5.30. The number of nitrogens with one attached hydrogen (secondary N) is 1. The summed E-state index contributed by atoms with van der Waals surface area (Å²) in [4.78, 5) is 33.5. The summed E-state index contributed by atoms with van der Waals surface area (Å²) in [6, 6.07) is 6.83. The Morgan fingerprint density at radius 3 is 2.58 bits per heavy atom. The van der Waals surface area contributed by atoms with Crippen molar-refractivity contribution >= 4 is 44.4 Å². The molecule has 2 aromatic carbocycles. The number of benzene rings is 2. The van der Waals surface area contributed by atoms with Crippen molar-refractivity contribution in [2.75, 3.05) is 12.4 Å². The molecule has 0 spiro atoms. The number of aryl methyl sites for hydroxylation is 1. The lowest BCUT2D eigenvalue weighted by molar-refractivity contribution is 0.0402. The van der Waals surface area contributed by atoms with Gasteiger partial charge in [0, 0.05) is 17.7 Å².